The molecule has 0 saturated carbocycles. The van der Waals surface area contributed by atoms with E-state index in [-0.39, 0.29) is 24.3 Å². The van der Waals surface area contributed by atoms with E-state index in [0.717, 1.165) is 47.2 Å². The summed E-state index contributed by atoms with van der Waals surface area (Å²) in [6, 6.07) is 8.04. The van der Waals surface area contributed by atoms with Gasteiger partial charge in [-0.2, -0.15) is 5.10 Å². The molecule has 7 heteroatoms. The Balaban J connectivity index is 1.56. The molecule has 1 aromatic carbocycles. The number of carbonyl (C=O) groups excluding carboxylic acids is 2. The number of fused-ring (bicyclic) bond motifs is 2. The van der Waals surface area contributed by atoms with Gasteiger partial charge in [-0.3, -0.25) is 14.7 Å². The van der Waals surface area contributed by atoms with Gasteiger partial charge in [0.1, 0.15) is 5.69 Å². The lowest BCUT2D eigenvalue weighted by Crippen LogP contribution is -2.40. The average Bonchev–Trinajstić information content (AvgIpc) is 3.34. The van der Waals surface area contributed by atoms with E-state index in [1.54, 1.807) is 19.0 Å². The van der Waals surface area contributed by atoms with Gasteiger partial charge in [-0.1, -0.05) is 33.8 Å². The van der Waals surface area contributed by atoms with E-state index in [1.165, 1.54) is 16.2 Å². The quantitative estimate of drug-likeness (QED) is 0.631. The minimum absolute atomic E-state index is 0.0399. The second-order valence-electron chi connectivity index (χ2n) is 10.1. The van der Waals surface area contributed by atoms with Crippen LogP contribution in [0, 0.1) is 11.3 Å². The fraction of sp³-hybridized carbons (Fsp3) is 0.480. The Morgan fingerprint density at radius 2 is 1.94 bits per heavy atom. The van der Waals surface area contributed by atoms with Gasteiger partial charge in [0.2, 0.25) is 11.8 Å². The highest BCUT2D eigenvalue weighted by Gasteiger charge is 2.29. The van der Waals surface area contributed by atoms with Crippen molar-refractivity contribution in [1.82, 2.24) is 20.1 Å². The smallest absolute Gasteiger partial charge is 0.246 e. The first-order chi connectivity index (χ1) is 15.1. The molecular formula is C25H33N5O2. The van der Waals surface area contributed by atoms with Gasteiger partial charge in [-0.25, -0.2) is 0 Å². The average molecular weight is 436 g/mol. The number of benzene rings is 1. The summed E-state index contributed by atoms with van der Waals surface area (Å²) in [6.07, 6.45) is 3.19. The van der Waals surface area contributed by atoms with Crippen molar-refractivity contribution in [2.45, 2.75) is 47.0 Å². The van der Waals surface area contributed by atoms with Crippen LogP contribution in [0.1, 0.15) is 45.4 Å². The van der Waals surface area contributed by atoms with Crippen molar-refractivity contribution in [3.8, 4) is 11.4 Å². The first-order valence-corrected chi connectivity index (χ1v) is 11.3. The van der Waals surface area contributed by atoms with Gasteiger partial charge >= 0.3 is 0 Å². The second kappa shape index (κ2) is 8.11. The van der Waals surface area contributed by atoms with Gasteiger partial charge in [-0.15, -0.1) is 0 Å². The lowest BCUT2D eigenvalue weighted by molar-refractivity contribution is -0.136. The minimum atomic E-state index is -0.134. The Morgan fingerprint density at radius 1 is 1.19 bits per heavy atom. The van der Waals surface area contributed by atoms with Crippen LogP contribution in [0.5, 0.6) is 0 Å². The van der Waals surface area contributed by atoms with Gasteiger partial charge in [0, 0.05) is 47.9 Å². The van der Waals surface area contributed by atoms with Crippen LogP contribution in [-0.4, -0.2) is 52.5 Å². The minimum Gasteiger partial charge on any atom is -0.353 e. The summed E-state index contributed by atoms with van der Waals surface area (Å²) in [4.78, 5) is 31.4. The fourth-order valence-corrected chi connectivity index (χ4v) is 4.49. The molecule has 7 nitrogen and oxygen atoms in total. The van der Waals surface area contributed by atoms with Crippen LogP contribution >= 0.6 is 0 Å². The summed E-state index contributed by atoms with van der Waals surface area (Å²) in [7, 11) is 3.41. The number of hydrogen-bond donors (Lipinski definition) is 2. The van der Waals surface area contributed by atoms with Crippen molar-refractivity contribution >= 4 is 28.4 Å². The molecule has 1 aliphatic rings. The molecule has 2 N–H and O–H groups in total. The maximum absolute atomic E-state index is 12.7. The third-order valence-corrected chi connectivity index (χ3v) is 6.53. The summed E-state index contributed by atoms with van der Waals surface area (Å²) >= 11 is 0. The number of amides is 2. The highest BCUT2D eigenvalue weighted by atomic mass is 16.2. The first-order valence-electron chi connectivity index (χ1n) is 11.3. The summed E-state index contributed by atoms with van der Waals surface area (Å²) in [5, 5.41) is 8.94. The third-order valence-electron chi connectivity index (χ3n) is 6.53. The van der Waals surface area contributed by atoms with Crippen LogP contribution in [0.4, 0.5) is 5.69 Å². The number of nitrogens with zero attached hydrogens (tertiary/aromatic N) is 3. The zero-order valence-corrected chi connectivity index (χ0v) is 19.9. The largest absolute Gasteiger partial charge is 0.353 e. The molecule has 2 amide bonds. The van der Waals surface area contributed by atoms with Crippen molar-refractivity contribution in [2.75, 3.05) is 25.5 Å². The van der Waals surface area contributed by atoms with Crippen molar-refractivity contribution in [3.05, 3.63) is 35.5 Å². The number of anilines is 1. The van der Waals surface area contributed by atoms with Crippen molar-refractivity contribution in [2.24, 2.45) is 11.3 Å². The number of nitrogens with one attached hydrogen (secondary N) is 2. The summed E-state index contributed by atoms with van der Waals surface area (Å²) < 4.78 is 0. The molecule has 0 saturated heterocycles. The van der Waals surface area contributed by atoms with Crippen LogP contribution < -0.4 is 4.90 Å². The standard InChI is InChI=1S/C25H33N5O2/c1-15(2)24(32)29(5)14-22(31)30(6)17-8-7-16-11-20(26-19(16)12-17)23-18-9-10-25(3,4)13-21(18)27-28-23/h7-8,11-12,15,26H,9-10,13-14H2,1-6H3,(H,27,28). The lowest BCUT2D eigenvalue weighted by atomic mass is 9.76. The Hall–Kier alpha value is -3.09. The number of likely N-dealkylation sites (N-methyl/N-ethyl adjacent to an activating group) is 2. The monoisotopic (exact) mass is 435 g/mol. The van der Waals surface area contributed by atoms with E-state index in [0.29, 0.717) is 5.41 Å². The number of carbonyl (C=O) groups is 2. The molecule has 0 aliphatic heterocycles. The van der Waals surface area contributed by atoms with Gasteiger partial charge in [0.05, 0.1) is 12.2 Å². The van der Waals surface area contributed by atoms with E-state index in [1.807, 2.05) is 32.0 Å². The van der Waals surface area contributed by atoms with E-state index in [2.05, 4.69) is 35.1 Å². The number of rotatable bonds is 5. The fourth-order valence-electron chi connectivity index (χ4n) is 4.49. The SMILES string of the molecule is CC(C)C(=O)N(C)CC(=O)N(C)c1ccc2cc(-c3n[nH]c4c3CCC(C)(C)C4)[nH]c2c1. The highest BCUT2D eigenvalue weighted by molar-refractivity contribution is 5.98. The molecule has 0 atom stereocenters. The van der Waals surface area contributed by atoms with Crippen LogP contribution in [0.25, 0.3) is 22.3 Å². The molecule has 0 bridgehead atoms. The van der Waals surface area contributed by atoms with Crippen molar-refractivity contribution in [1.29, 1.82) is 0 Å². The molecule has 170 valence electrons. The predicted octanol–water partition coefficient (Wildman–Crippen LogP) is 4.15. The van der Waals surface area contributed by atoms with E-state index >= 15 is 0 Å². The van der Waals surface area contributed by atoms with Crippen LogP contribution in [0.2, 0.25) is 0 Å². The molecule has 2 aromatic heterocycles. The van der Waals surface area contributed by atoms with Crippen LogP contribution in [0.15, 0.2) is 24.3 Å². The molecule has 2 heterocycles. The maximum atomic E-state index is 12.7. The van der Waals surface area contributed by atoms with E-state index < -0.39 is 0 Å². The Bertz CT molecular complexity index is 1170. The van der Waals surface area contributed by atoms with Gasteiger partial charge in [0.15, 0.2) is 0 Å². The van der Waals surface area contributed by atoms with Crippen molar-refractivity contribution in [3.63, 3.8) is 0 Å². The molecule has 1 aliphatic carbocycles. The number of aromatic amines is 2. The van der Waals surface area contributed by atoms with E-state index in [9.17, 15) is 9.59 Å². The van der Waals surface area contributed by atoms with Crippen LogP contribution in [-0.2, 0) is 22.4 Å². The zero-order chi connectivity index (χ0) is 23.2. The lowest BCUT2D eigenvalue weighted by Gasteiger charge is -2.28. The molecule has 3 aromatic rings. The Morgan fingerprint density at radius 3 is 2.66 bits per heavy atom. The van der Waals surface area contributed by atoms with Crippen LogP contribution in [0.3, 0.4) is 0 Å². The predicted molar refractivity (Wildman–Crippen MR) is 128 cm³/mol. The van der Waals surface area contributed by atoms with Gasteiger partial charge in [-0.05, 0) is 42.9 Å². The summed E-state index contributed by atoms with van der Waals surface area (Å²) in [6.45, 7) is 8.32. The Labute approximate surface area is 189 Å². The third kappa shape index (κ3) is 4.16. The first kappa shape index (κ1) is 22.1. The molecule has 0 unspecified atom stereocenters. The number of H-pyrrole nitrogens is 2. The van der Waals surface area contributed by atoms with Gasteiger partial charge < -0.3 is 14.8 Å². The zero-order valence-electron chi connectivity index (χ0n) is 19.9. The molecule has 32 heavy (non-hydrogen) atoms. The van der Waals surface area contributed by atoms with E-state index in [4.69, 9.17) is 0 Å². The maximum Gasteiger partial charge on any atom is 0.246 e. The molecule has 0 radical (unpaired) electrons. The number of hydrogen-bond acceptors (Lipinski definition) is 3. The number of aromatic nitrogens is 3. The molecular weight excluding hydrogens is 402 g/mol. The highest BCUT2D eigenvalue weighted by Crippen LogP contribution is 2.38. The van der Waals surface area contributed by atoms with Gasteiger partial charge in [0.25, 0.3) is 0 Å². The van der Waals surface area contributed by atoms with Crippen molar-refractivity contribution < 1.29 is 9.59 Å². The molecule has 0 fully saturated rings. The normalized spacial score (nSPS) is 15.1. The molecule has 4 rings (SSSR count). The molecule has 0 spiro atoms. The topological polar surface area (TPSA) is 85.1 Å². The second-order valence-corrected chi connectivity index (χ2v) is 10.1. The Kier molecular flexibility index (Phi) is 5.61. The summed E-state index contributed by atoms with van der Waals surface area (Å²) in [5.41, 5.74) is 6.57. The summed E-state index contributed by atoms with van der Waals surface area (Å²) in [5.74, 6) is -0.302.